The van der Waals surface area contributed by atoms with Gasteiger partial charge in [-0.15, -0.1) is 0 Å². The molecule has 1 heterocycles. The molecule has 112 valence electrons. The maximum Gasteiger partial charge on any atom is 0.227 e. The van der Waals surface area contributed by atoms with Crippen molar-refractivity contribution in [3.05, 3.63) is 29.8 Å². The summed E-state index contributed by atoms with van der Waals surface area (Å²) >= 11 is 0. The first-order valence-corrected chi connectivity index (χ1v) is 7.68. The van der Waals surface area contributed by atoms with E-state index in [9.17, 15) is 14.7 Å². The number of aliphatic carboxylic acids is 1. The number of fused-ring (bicyclic) bond motifs is 1. The van der Waals surface area contributed by atoms with Crippen LogP contribution in [-0.4, -0.2) is 18.4 Å². The Hall–Kier alpha value is -1.84. The van der Waals surface area contributed by atoms with Crippen LogP contribution < -0.4 is 10.0 Å². The van der Waals surface area contributed by atoms with Crippen LogP contribution in [0.15, 0.2) is 24.3 Å². The fourth-order valence-corrected chi connectivity index (χ4v) is 3.86. The lowest BCUT2D eigenvalue weighted by atomic mass is 9.79. The topological polar surface area (TPSA) is 60.4 Å². The van der Waals surface area contributed by atoms with Gasteiger partial charge in [0.2, 0.25) is 5.91 Å². The fourth-order valence-electron chi connectivity index (χ4n) is 3.86. The molecule has 3 rings (SSSR count). The number of amides is 1. The molecule has 1 aromatic rings. The number of carbonyl (C=O) groups excluding carboxylic acids is 2. The average molecular weight is 286 g/mol. The van der Waals surface area contributed by atoms with Gasteiger partial charge in [-0.25, -0.2) is 0 Å². The molecule has 4 heteroatoms. The van der Waals surface area contributed by atoms with E-state index in [0.29, 0.717) is 13.0 Å². The highest BCUT2D eigenvalue weighted by molar-refractivity contribution is 5.96. The first kappa shape index (κ1) is 14.1. The molecule has 1 aromatic carbocycles. The smallest absolute Gasteiger partial charge is 0.227 e. The maximum absolute atomic E-state index is 12.7. The Morgan fingerprint density at radius 3 is 2.57 bits per heavy atom. The van der Waals surface area contributed by atoms with Crippen molar-refractivity contribution in [2.75, 3.05) is 11.4 Å². The molecule has 2 aliphatic rings. The van der Waals surface area contributed by atoms with E-state index in [1.54, 1.807) is 0 Å². The van der Waals surface area contributed by atoms with Crippen LogP contribution in [0.3, 0.4) is 0 Å². The number of nitrogens with zero attached hydrogens (tertiary/aromatic N) is 1. The summed E-state index contributed by atoms with van der Waals surface area (Å²) in [5, 5.41) is 11.0. The molecule has 4 nitrogen and oxygen atoms in total. The van der Waals surface area contributed by atoms with Crippen molar-refractivity contribution in [1.29, 1.82) is 0 Å². The van der Waals surface area contributed by atoms with Crippen molar-refractivity contribution >= 4 is 17.6 Å². The maximum atomic E-state index is 12.7. The van der Waals surface area contributed by atoms with E-state index in [-0.39, 0.29) is 17.7 Å². The van der Waals surface area contributed by atoms with Gasteiger partial charge >= 0.3 is 0 Å². The van der Waals surface area contributed by atoms with Gasteiger partial charge in [-0.1, -0.05) is 31.0 Å². The molecule has 0 N–H and O–H groups in total. The number of carboxylic acid groups (broad SMARTS) is 1. The zero-order chi connectivity index (χ0) is 14.9. The van der Waals surface area contributed by atoms with Gasteiger partial charge in [0, 0.05) is 24.6 Å². The van der Waals surface area contributed by atoms with Crippen LogP contribution in [0.25, 0.3) is 0 Å². The van der Waals surface area contributed by atoms with Crippen LogP contribution in [0.5, 0.6) is 0 Å². The number of anilines is 1. The minimum atomic E-state index is -1.04. The van der Waals surface area contributed by atoms with Crippen LogP contribution in [0, 0.1) is 5.41 Å². The minimum absolute atomic E-state index is 0.00816. The lowest BCUT2D eigenvalue weighted by Gasteiger charge is -2.31. The molecule has 1 aliphatic carbocycles. The summed E-state index contributed by atoms with van der Waals surface area (Å²) in [5.41, 5.74) is 1.81. The molecule has 0 spiro atoms. The molecule has 21 heavy (non-hydrogen) atoms. The molecule has 1 saturated carbocycles. The number of benzene rings is 1. The van der Waals surface area contributed by atoms with Crippen LogP contribution in [0.4, 0.5) is 5.69 Å². The van der Waals surface area contributed by atoms with E-state index in [4.69, 9.17) is 0 Å². The number of carbonyl (C=O) groups is 2. The van der Waals surface area contributed by atoms with E-state index in [2.05, 4.69) is 6.07 Å². The van der Waals surface area contributed by atoms with Gasteiger partial charge < -0.3 is 14.8 Å². The third-order valence-corrected chi connectivity index (χ3v) is 4.90. The Bertz CT molecular complexity index is 561. The monoisotopic (exact) mass is 286 g/mol. The van der Waals surface area contributed by atoms with Gasteiger partial charge in [-0.05, 0) is 42.7 Å². The molecule has 1 fully saturated rings. The number of rotatable bonds is 4. The summed E-state index contributed by atoms with van der Waals surface area (Å²) in [4.78, 5) is 25.5. The van der Waals surface area contributed by atoms with Crippen molar-refractivity contribution in [3.8, 4) is 0 Å². The lowest BCUT2D eigenvalue weighted by Crippen LogP contribution is -2.37. The molecule has 0 aromatic heterocycles. The largest absolute Gasteiger partial charge is 0.550 e. The predicted molar refractivity (Wildman–Crippen MR) is 77.6 cm³/mol. The molecule has 0 saturated heterocycles. The molecule has 1 aliphatic heterocycles. The van der Waals surface area contributed by atoms with Crippen molar-refractivity contribution in [2.45, 2.75) is 44.9 Å². The quantitative estimate of drug-likeness (QED) is 0.846. The lowest BCUT2D eigenvalue weighted by molar-refractivity contribution is -0.308. The summed E-state index contributed by atoms with van der Waals surface area (Å²) in [7, 11) is 0. The molecule has 0 radical (unpaired) electrons. The molecule has 0 atom stereocenters. The Labute approximate surface area is 124 Å². The Kier molecular flexibility index (Phi) is 3.70. The van der Waals surface area contributed by atoms with Crippen LogP contribution in [0.1, 0.15) is 44.1 Å². The normalized spacial score (nSPS) is 19.5. The van der Waals surface area contributed by atoms with Gasteiger partial charge in [-0.2, -0.15) is 0 Å². The number of hydrogen-bond donors (Lipinski definition) is 0. The third-order valence-electron chi connectivity index (χ3n) is 4.90. The fraction of sp³-hybridized carbons (Fsp3) is 0.529. The van der Waals surface area contributed by atoms with E-state index in [1.807, 2.05) is 23.1 Å². The van der Waals surface area contributed by atoms with Gasteiger partial charge in [-0.3, -0.25) is 4.79 Å². The summed E-state index contributed by atoms with van der Waals surface area (Å²) in [6.07, 6.45) is 4.89. The van der Waals surface area contributed by atoms with Crippen LogP contribution in [0.2, 0.25) is 0 Å². The van der Waals surface area contributed by atoms with E-state index in [1.165, 1.54) is 5.56 Å². The SMILES string of the molecule is O=C([O-])CC1(CC(=O)N2CCc3ccccc32)CCCC1. The first-order valence-electron chi connectivity index (χ1n) is 7.68. The minimum Gasteiger partial charge on any atom is -0.550 e. The second-order valence-electron chi connectivity index (χ2n) is 6.36. The summed E-state index contributed by atoms with van der Waals surface area (Å²) in [6, 6.07) is 7.95. The van der Waals surface area contributed by atoms with Crippen molar-refractivity contribution in [3.63, 3.8) is 0 Å². The standard InChI is InChI=1S/C17H21NO3/c19-15(11-17(12-16(20)21)8-3-4-9-17)18-10-7-13-5-1-2-6-14(13)18/h1-2,5-6H,3-4,7-12H2,(H,20,21)/p-1. The Morgan fingerprint density at radius 1 is 1.14 bits per heavy atom. The van der Waals surface area contributed by atoms with Crippen molar-refractivity contribution < 1.29 is 14.7 Å². The summed E-state index contributed by atoms with van der Waals surface area (Å²) < 4.78 is 0. The summed E-state index contributed by atoms with van der Waals surface area (Å²) in [6.45, 7) is 0.708. The Morgan fingerprint density at radius 2 is 1.86 bits per heavy atom. The van der Waals surface area contributed by atoms with E-state index in [0.717, 1.165) is 37.8 Å². The van der Waals surface area contributed by atoms with Crippen LogP contribution in [-0.2, 0) is 16.0 Å². The van der Waals surface area contributed by atoms with Gasteiger partial charge in [0.25, 0.3) is 0 Å². The van der Waals surface area contributed by atoms with Gasteiger partial charge in [0.15, 0.2) is 0 Å². The van der Waals surface area contributed by atoms with Gasteiger partial charge in [0.1, 0.15) is 0 Å². The first-order chi connectivity index (χ1) is 10.1. The predicted octanol–water partition coefficient (Wildman–Crippen LogP) is 1.67. The van der Waals surface area contributed by atoms with Gasteiger partial charge in [0.05, 0.1) is 0 Å². The average Bonchev–Trinajstić information content (AvgIpc) is 3.04. The van der Waals surface area contributed by atoms with E-state index >= 15 is 0 Å². The molecular formula is C17H20NO3-. The number of hydrogen-bond acceptors (Lipinski definition) is 3. The number of carboxylic acids is 1. The van der Waals surface area contributed by atoms with Crippen molar-refractivity contribution in [1.82, 2.24) is 0 Å². The molecule has 0 bridgehead atoms. The highest BCUT2D eigenvalue weighted by Crippen LogP contribution is 2.44. The zero-order valence-electron chi connectivity index (χ0n) is 12.1. The zero-order valence-corrected chi connectivity index (χ0v) is 12.1. The highest BCUT2D eigenvalue weighted by Gasteiger charge is 2.38. The van der Waals surface area contributed by atoms with E-state index < -0.39 is 5.97 Å². The second-order valence-corrected chi connectivity index (χ2v) is 6.36. The van der Waals surface area contributed by atoms with Crippen molar-refractivity contribution in [2.24, 2.45) is 5.41 Å². The van der Waals surface area contributed by atoms with Crippen LogP contribution >= 0.6 is 0 Å². The third kappa shape index (κ3) is 2.80. The molecule has 1 amide bonds. The Balaban J connectivity index is 1.75. The molecule has 0 unspecified atom stereocenters. The highest BCUT2D eigenvalue weighted by atomic mass is 16.4. The second kappa shape index (κ2) is 5.51. The number of para-hydroxylation sites is 1. The summed E-state index contributed by atoms with van der Waals surface area (Å²) in [5.74, 6) is -0.977. The molecular weight excluding hydrogens is 266 g/mol.